The first-order valence-corrected chi connectivity index (χ1v) is 3.92. The molecule has 0 saturated carbocycles. The third-order valence-electron chi connectivity index (χ3n) is 1.98. The number of rotatable bonds is 0. The normalized spacial score (nSPS) is 10.6. The number of benzene rings is 2. The number of phenolic OH excluding ortho intramolecular Hbond substituents is 3. The molecule has 0 heterocycles. The summed E-state index contributed by atoms with van der Waals surface area (Å²) < 4.78 is 12.9. The SMILES string of the molecule is Oc1cc(O)c2cc(F)c(O)cc2c1. The lowest BCUT2D eigenvalue weighted by atomic mass is 10.1. The Labute approximate surface area is 78.7 Å². The van der Waals surface area contributed by atoms with Crippen LogP contribution in [0.15, 0.2) is 24.3 Å². The van der Waals surface area contributed by atoms with Gasteiger partial charge in [-0.3, -0.25) is 0 Å². The number of halogens is 1. The van der Waals surface area contributed by atoms with Gasteiger partial charge in [0.1, 0.15) is 11.5 Å². The first kappa shape index (κ1) is 8.62. The van der Waals surface area contributed by atoms with Crippen LogP contribution in [0.2, 0.25) is 0 Å². The van der Waals surface area contributed by atoms with E-state index in [0.717, 1.165) is 18.2 Å². The Morgan fingerprint density at radius 2 is 1.57 bits per heavy atom. The van der Waals surface area contributed by atoms with Gasteiger partial charge in [-0.1, -0.05) is 0 Å². The molecule has 0 aromatic heterocycles. The highest BCUT2D eigenvalue weighted by Gasteiger charge is 2.07. The maximum absolute atomic E-state index is 12.9. The van der Waals surface area contributed by atoms with Gasteiger partial charge in [0.15, 0.2) is 11.6 Å². The van der Waals surface area contributed by atoms with Gasteiger partial charge in [-0.25, -0.2) is 4.39 Å². The van der Waals surface area contributed by atoms with Crippen molar-refractivity contribution in [3.8, 4) is 17.2 Å². The second kappa shape index (κ2) is 2.77. The molecular formula is C10H7FO3. The molecule has 0 aliphatic carbocycles. The number of hydrogen-bond donors (Lipinski definition) is 3. The predicted octanol–water partition coefficient (Wildman–Crippen LogP) is 2.10. The minimum Gasteiger partial charge on any atom is -0.508 e. The fourth-order valence-electron chi connectivity index (χ4n) is 1.34. The molecule has 4 heteroatoms. The van der Waals surface area contributed by atoms with Crippen molar-refractivity contribution < 1.29 is 19.7 Å². The van der Waals surface area contributed by atoms with Crippen LogP contribution in [-0.4, -0.2) is 15.3 Å². The second-order valence-corrected chi connectivity index (χ2v) is 2.99. The molecule has 72 valence electrons. The zero-order chi connectivity index (χ0) is 10.3. The predicted molar refractivity (Wildman–Crippen MR) is 48.9 cm³/mol. The lowest BCUT2D eigenvalue weighted by molar-refractivity contribution is 0.432. The van der Waals surface area contributed by atoms with Crippen LogP contribution < -0.4 is 0 Å². The Balaban J connectivity index is 2.89. The fraction of sp³-hybridized carbons (Fsp3) is 0. The van der Waals surface area contributed by atoms with Crippen molar-refractivity contribution in [1.29, 1.82) is 0 Å². The Morgan fingerprint density at radius 3 is 2.29 bits per heavy atom. The van der Waals surface area contributed by atoms with Crippen LogP contribution in [-0.2, 0) is 0 Å². The van der Waals surface area contributed by atoms with Crippen molar-refractivity contribution in [2.24, 2.45) is 0 Å². The molecule has 0 aliphatic rings. The lowest BCUT2D eigenvalue weighted by Crippen LogP contribution is -1.79. The van der Waals surface area contributed by atoms with Gasteiger partial charge in [0.05, 0.1) is 0 Å². The largest absolute Gasteiger partial charge is 0.508 e. The van der Waals surface area contributed by atoms with Gasteiger partial charge in [0.25, 0.3) is 0 Å². The molecule has 3 nitrogen and oxygen atoms in total. The Bertz CT molecular complexity index is 508. The molecule has 0 spiro atoms. The molecule has 14 heavy (non-hydrogen) atoms. The van der Waals surface area contributed by atoms with E-state index in [4.69, 9.17) is 10.2 Å². The Kier molecular flexibility index (Phi) is 1.70. The summed E-state index contributed by atoms with van der Waals surface area (Å²) in [5, 5.41) is 28.2. The van der Waals surface area contributed by atoms with Crippen LogP contribution in [0.1, 0.15) is 0 Å². The zero-order valence-corrected chi connectivity index (χ0v) is 7.03. The van der Waals surface area contributed by atoms with Crippen LogP contribution in [0.25, 0.3) is 10.8 Å². The van der Waals surface area contributed by atoms with Crippen LogP contribution in [0.3, 0.4) is 0 Å². The highest BCUT2D eigenvalue weighted by molar-refractivity contribution is 5.90. The Morgan fingerprint density at radius 1 is 0.857 bits per heavy atom. The molecule has 0 amide bonds. The number of aromatic hydroxyl groups is 3. The summed E-state index contributed by atoms with van der Waals surface area (Å²) in [6, 6.07) is 4.59. The van der Waals surface area contributed by atoms with E-state index >= 15 is 0 Å². The summed E-state index contributed by atoms with van der Waals surface area (Å²) in [5.41, 5.74) is 0. The van der Waals surface area contributed by atoms with E-state index < -0.39 is 11.6 Å². The van der Waals surface area contributed by atoms with Gasteiger partial charge in [-0.05, 0) is 23.6 Å². The van der Waals surface area contributed by atoms with E-state index in [2.05, 4.69) is 0 Å². The van der Waals surface area contributed by atoms with Crippen molar-refractivity contribution in [2.45, 2.75) is 0 Å². The number of phenols is 3. The number of fused-ring (bicyclic) bond motifs is 1. The lowest BCUT2D eigenvalue weighted by Gasteiger charge is -2.03. The van der Waals surface area contributed by atoms with E-state index in [1.807, 2.05) is 0 Å². The molecule has 0 saturated heterocycles. The summed E-state index contributed by atoms with van der Waals surface area (Å²) in [4.78, 5) is 0. The topological polar surface area (TPSA) is 60.7 Å². The van der Waals surface area contributed by atoms with Crippen LogP contribution >= 0.6 is 0 Å². The van der Waals surface area contributed by atoms with Crippen molar-refractivity contribution >= 4 is 10.8 Å². The third-order valence-corrected chi connectivity index (χ3v) is 1.98. The first-order valence-electron chi connectivity index (χ1n) is 3.92. The monoisotopic (exact) mass is 194 g/mol. The maximum atomic E-state index is 12.9. The third kappa shape index (κ3) is 1.21. The van der Waals surface area contributed by atoms with Gasteiger partial charge in [-0.15, -0.1) is 0 Å². The second-order valence-electron chi connectivity index (χ2n) is 2.99. The van der Waals surface area contributed by atoms with E-state index in [1.54, 1.807) is 0 Å². The van der Waals surface area contributed by atoms with Crippen molar-refractivity contribution in [1.82, 2.24) is 0 Å². The number of hydrogen-bond acceptors (Lipinski definition) is 3. The van der Waals surface area contributed by atoms with Gasteiger partial charge >= 0.3 is 0 Å². The van der Waals surface area contributed by atoms with E-state index in [1.165, 1.54) is 6.07 Å². The van der Waals surface area contributed by atoms with Crippen LogP contribution in [0.4, 0.5) is 4.39 Å². The van der Waals surface area contributed by atoms with Gasteiger partial charge in [0, 0.05) is 11.5 Å². The molecule has 2 aromatic rings. The minimum atomic E-state index is -0.807. The van der Waals surface area contributed by atoms with Crippen molar-refractivity contribution in [3.63, 3.8) is 0 Å². The molecule has 0 unspecified atom stereocenters. The molecular weight excluding hydrogens is 187 g/mol. The molecule has 2 rings (SSSR count). The zero-order valence-electron chi connectivity index (χ0n) is 7.03. The van der Waals surface area contributed by atoms with E-state index in [0.29, 0.717) is 5.39 Å². The quantitative estimate of drug-likeness (QED) is 0.601. The summed E-state index contributed by atoms with van der Waals surface area (Å²) in [7, 11) is 0. The summed E-state index contributed by atoms with van der Waals surface area (Å²) in [5.74, 6) is -1.68. The fourth-order valence-corrected chi connectivity index (χ4v) is 1.34. The average Bonchev–Trinajstić information content (AvgIpc) is 2.08. The Hall–Kier alpha value is -1.97. The summed E-state index contributed by atoms with van der Waals surface area (Å²) in [6.07, 6.45) is 0. The minimum absolute atomic E-state index is 0.138. The van der Waals surface area contributed by atoms with Gasteiger partial charge < -0.3 is 15.3 Å². The van der Waals surface area contributed by atoms with E-state index in [-0.39, 0.29) is 16.9 Å². The molecule has 0 fully saturated rings. The standard InChI is InChI=1S/C10H7FO3/c11-8-4-7-5(2-10(8)14)1-6(12)3-9(7)13/h1-4,12-14H. The molecule has 0 radical (unpaired) electrons. The van der Waals surface area contributed by atoms with Gasteiger partial charge in [0.2, 0.25) is 0 Å². The molecule has 0 aliphatic heterocycles. The highest BCUT2D eigenvalue weighted by atomic mass is 19.1. The highest BCUT2D eigenvalue weighted by Crippen LogP contribution is 2.33. The smallest absolute Gasteiger partial charge is 0.165 e. The van der Waals surface area contributed by atoms with Crippen LogP contribution in [0, 0.1) is 5.82 Å². The molecule has 3 N–H and O–H groups in total. The van der Waals surface area contributed by atoms with Crippen molar-refractivity contribution in [2.75, 3.05) is 0 Å². The molecule has 0 bridgehead atoms. The van der Waals surface area contributed by atoms with Crippen molar-refractivity contribution in [3.05, 3.63) is 30.1 Å². The average molecular weight is 194 g/mol. The van der Waals surface area contributed by atoms with Gasteiger partial charge in [-0.2, -0.15) is 0 Å². The van der Waals surface area contributed by atoms with E-state index in [9.17, 15) is 9.50 Å². The maximum Gasteiger partial charge on any atom is 0.165 e. The first-order chi connectivity index (χ1) is 6.58. The molecule has 0 atom stereocenters. The molecule has 2 aromatic carbocycles. The summed E-state index contributed by atoms with van der Waals surface area (Å²) >= 11 is 0. The summed E-state index contributed by atoms with van der Waals surface area (Å²) in [6.45, 7) is 0. The van der Waals surface area contributed by atoms with Crippen LogP contribution in [0.5, 0.6) is 17.2 Å².